The number of halogens is 2. The largest absolute Gasteiger partial charge is 0.493 e. The smallest absolute Gasteiger partial charge is 0.270 e. The lowest BCUT2D eigenvalue weighted by Crippen LogP contribution is -2.27. The first kappa shape index (κ1) is 32.3. The maximum Gasteiger partial charge on any atom is 0.270 e. The highest BCUT2D eigenvalue weighted by Crippen LogP contribution is 2.38. The van der Waals surface area contributed by atoms with Gasteiger partial charge in [0.1, 0.15) is 17.3 Å². The highest BCUT2D eigenvalue weighted by atomic mass is 35.5. The van der Waals surface area contributed by atoms with Crippen molar-refractivity contribution in [3.05, 3.63) is 100 Å². The molecule has 7 heteroatoms. The second kappa shape index (κ2) is 13.8. The predicted octanol–water partition coefficient (Wildman–Crippen LogP) is 9.30. The topological polar surface area (TPSA) is 56.1 Å². The summed E-state index contributed by atoms with van der Waals surface area (Å²) in [7, 11) is 0. The molecule has 0 unspecified atom stereocenters. The van der Waals surface area contributed by atoms with Gasteiger partial charge in [-0.1, -0.05) is 83.5 Å². The predicted molar refractivity (Wildman–Crippen MR) is 174 cm³/mol. The number of carbonyl (C=O) groups excluding carboxylic acids is 1. The first-order valence-electron chi connectivity index (χ1n) is 15.1. The molecule has 5 nitrogen and oxygen atoms in total. The normalized spacial score (nSPS) is 11.9. The van der Waals surface area contributed by atoms with Gasteiger partial charge in [-0.3, -0.25) is 4.79 Å². The lowest BCUT2D eigenvalue weighted by Gasteiger charge is -2.30. The zero-order chi connectivity index (χ0) is 31.2. The average molecular weight is 604 g/mol. The van der Waals surface area contributed by atoms with Crippen LogP contribution < -0.4 is 10.1 Å². The third-order valence-corrected chi connectivity index (χ3v) is 8.75. The monoisotopic (exact) mass is 603 g/mol. The molecule has 0 bridgehead atoms. The molecule has 228 valence electrons. The van der Waals surface area contributed by atoms with Gasteiger partial charge in [0, 0.05) is 22.7 Å². The Morgan fingerprint density at radius 2 is 1.67 bits per heavy atom. The molecule has 0 saturated heterocycles. The van der Waals surface area contributed by atoms with E-state index in [-0.39, 0.29) is 16.7 Å². The van der Waals surface area contributed by atoms with Crippen LogP contribution in [0, 0.1) is 5.82 Å². The number of hydrogen-bond donors (Lipinski definition) is 1. The van der Waals surface area contributed by atoms with Crippen molar-refractivity contribution in [2.45, 2.75) is 78.1 Å². The highest BCUT2D eigenvalue weighted by molar-refractivity contribution is 6.30. The summed E-state index contributed by atoms with van der Waals surface area (Å²) in [6.07, 6.45) is 3.60. The summed E-state index contributed by atoms with van der Waals surface area (Å²) in [5.41, 5.74) is 4.29. The van der Waals surface area contributed by atoms with E-state index in [0.29, 0.717) is 40.8 Å². The Labute approximate surface area is 260 Å². The average Bonchev–Trinajstić information content (AvgIpc) is 3.44. The fourth-order valence-corrected chi connectivity index (χ4v) is 5.03. The van der Waals surface area contributed by atoms with Crippen LogP contribution in [-0.2, 0) is 10.8 Å². The van der Waals surface area contributed by atoms with E-state index in [1.54, 1.807) is 42.5 Å². The quantitative estimate of drug-likeness (QED) is 0.155. The van der Waals surface area contributed by atoms with E-state index in [4.69, 9.17) is 16.3 Å². The Morgan fingerprint density at radius 3 is 2.37 bits per heavy atom. The van der Waals surface area contributed by atoms with Crippen LogP contribution in [0.25, 0.3) is 16.9 Å². The fraction of sp³-hybridized carbons (Fsp3) is 0.389. The molecular weight excluding hydrogens is 561 g/mol. The van der Waals surface area contributed by atoms with Crippen LogP contribution in [0.2, 0.25) is 5.02 Å². The second-order valence-corrected chi connectivity index (χ2v) is 12.7. The van der Waals surface area contributed by atoms with Gasteiger partial charge in [-0.2, -0.15) is 5.10 Å². The first-order chi connectivity index (χ1) is 20.5. The Morgan fingerprint density at radius 1 is 0.930 bits per heavy atom. The van der Waals surface area contributed by atoms with E-state index in [0.717, 1.165) is 31.4 Å². The third kappa shape index (κ3) is 7.66. The van der Waals surface area contributed by atoms with Crippen molar-refractivity contribution in [3.63, 3.8) is 0 Å². The number of nitrogens with zero attached hydrogens (tertiary/aromatic N) is 2. The maximum atomic E-state index is 14.5. The van der Waals surface area contributed by atoms with E-state index in [1.807, 2.05) is 6.07 Å². The Kier molecular flexibility index (Phi) is 10.3. The molecule has 0 fully saturated rings. The number of amides is 1. The van der Waals surface area contributed by atoms with Crippen molar-refractivity contribution in [2.24, 2.45) is 0 Å². The van der Waals surface area contributed by atoms with E-state index >= 15 is 0 Å². The molecule has 1 heterocycles. The molecule has 43 heavy (non-hydrogen) atoms. The van der Waals surface area contributed by atoms with Crippen molar-refractivity contribution in [1.82, 2.24) is 15.1 Å². The minimum absolute atomic E-state index is 0.00338. The fourth-order valence-electron chi connectivity index (χ4n) is 4.85. The number of ether oxygens (including phenoxy) is 1. The molecule has 1 N–H and O–H groups in total. The molecule has 0 aliphatic carbocycles. The van der Waals surface area contributed by atoms with Crippen LogP contribution in [0.1, 0.15) is 88.8 Å². The molecule has 1 amide bonds. The van der Waals surface area contributed by atoms with Crippen LogP contribution in [-0.4, -0.2) is 28.8 Å². The number of unbranched alkanes of at least 4 members (excludes halogenated alkanes) is 1. The minimum atomic E-state index is -0.403. The van der Waals surface area contributed by atoms with Crippen LogP contribution in [0.15, 0.2) is 72.8 Å². The molecule has 1 aromatic heterocycles. The van der Waals surface area contributed by atoms with Gasteiger partial charge in [-0.05, 0) is 84.5 Å². The number of aromatic nitrogens is 2. The van der Waals surface area contributed by atoms with E-state index in [9.17, 15) is 9.18 Å². The van der Waals surface area contributed by atoms with Gasteiger partial charge in [-0.15, -0.1) is 0 Å². The summed E-state index contributed by atoms with van der Waals surface area (Å²) in [5.74, 6) is 0.231. The van der Waals surface area contributed by atoms with E-state index in [2.05, 4.69) is 70.2 Å². The SMILES string of the molecule is CCC(C)(C)c1ccc(OCCCCNC(=O)c2cc(-c3ccccc3F)nn2-c2cccc(Cl)c2)c(C(C)(C)CC)c1. The maximum absolute atomic E-state index is 14.5. The molecule has 3 aromatic carbocycles. The second-order valence-electron chi connectivity index (χ2n) is 12.3. The molecule has 0 atom stereocenters. The molecule has 0 spiro atoms. The first-order valence-corrected chi connectivity index (χ1v) is 15.5. The van der Waals surface area contributed by atoms with Crippen molar-refractivity contribution in [3.8, 4) is 22.7 Å². The highest BCUT2D eigenvalue weighted by Gasteiger charge is 2.26. The summed E-state index contributed by atoms with van der Waals surface area (Å²) in [6, 6.07) is 21.7. The molecule has 0 radical (unpaired) electrons. The van der Waals surface area contributed by atoms with Gasteiger partial charge < -0.3 is 10.1 Å². The summed E-state index contributed by atoms with van der Waals surface area (Å²) in [4.78, 5) is 13.3. The lowest BCUT2D eigenvalue weighted by atomic mass is 9.76. The summed E-state index contributed by atoms with van der Waals surface area (Å²) in [5, 5.41) is 8.07. The van der Waals surface area contributed by atoms with Crippen molar-refractivity contribution in [1.29, 1.82) is 0 Å². The van der Waals surface area contributed by atoms with Crippen LogP contribution in [0.3, 0.4) is 0 Å². The van der Waals surface area contributed by atoms with Crippen LogP contribution in [0.4, 0.5) is 4.39 Å². The molecule has 4 aromatic rings. The number of carbonyl (C=O) groups is 1. The van der Waals surface area contributed by atoms with E-state index < -0.39 is 5.82 Å². The number of rotatable bonds is 13. The van der Waals surface area contributed by atoms with Gasteiger partial charge in [0.05, 0.1) is 18.0 Å². The van der Waals surface area contributed by atoms with Gasteiger partial charge in [-0.25, -0.2) is 9.07 Å². The summed E-state index contributed by atoms with van der Waals surface area (Å²) < 4.78 is 22.3. The van der Waals surface area contributed by atoms with E-state index in [1.165, 1.54) is 21.9 Å². The van der Waals surface area contributed by atoms with Crippen LogP contribution >= 0.6 is 11.6 Å². The van der Waals surface area contributed by atoms with Crippen molar-refractivity contribution in [2.75, 3.05) is 13.2 Å². The van der Waals surface area contributed by atoms with Gasteiger partial charge in [0.25, 0.3) is 5.91 Å². The molecular formula is C36H43ClFN3O2. The van der Waals surface area contributed by atoms with Gasteiger partial charge >= 0.3 is 0 Å². The molecule has 4 rings (SSSR count). The van der Waals surface area contributed by atoms with Gasteiger partial charge in [0.2, 0.25) is 0 Å². The molecule has 0 saturated carbocycles. The Balaban J connectivity index is 1.41. The molecule has 0 aliphatic heterocycles. The summed E-state index contributed by atoms with van der Waals surface area (Å²) >= 11 is 6.22. The van der Waals surface area contributed by atoms with Crippen molar-refractivity contribution >= 4 is 17.5 Å². The number of hydrogen-bond acceptors (Lipinski definition) is 3. The molecule has 0 aliphatic rings. The zero-order valence-corrected chi connectivity index (χ0v) is 26.9. The Hall–Kier alpha value is -3.64. The number of benzene rings is 3. The number of nitrogens with one attached hydrogen (secondary N) is 1. The van der Waals surface area contributed by atoms with Crippen LogP contribution in [0.5, 0.6) is 5.75 Å². The minimum Gasteiger partial charge on any atom is -0.493 e. The van der Waals surface area contributed by atoms with Gasteiger partial charge in [0.15, 0.2) is 0 Å². The van der Waals surface area contributed by atoms with Crippen molar-refractivity contribution < 1.29 is 13.9 Å². The zero-order valence-electron chi connectivity index (χ0n) is 26.1. The lowest BCUT2D eigenvalue weighted by molar-refractivity contribution is 0.0944. The Bertz CT molecular complexity index is 1560. The standard InChI is InChI=1S/C36H43ClFN3O2/c1-7-35(3,4)25-18-19-33(29(22-25)36(5,6)8-2)43-21-12-11-20-39-34(42)32-24-31(28-16-9-10-17-30(28)38)40-41(32)27-15-13-14-26(37)23-27/h9-10,13-19,22-24H,7-8,11-12,20-21H2,1-6H3,(H,39,42). The summed E-state index contributed by atoms with van der Waals surface area (Å²) in [6.45, 7) is 14.5. The third-order valence-electron chi connectivity index (χ3n) is 8.52.